The fourth-order valence-electron chi connectivity index (χ4n) is 3.61. The van der Waals surface area contributed by atoms with Crippen LogP contribution in [0.15, 0.2) is 61.3 Å². The van der Waals surface area contributed by atoms with E-state index in [4.69, 9.17) is 23.2 Å². The smallest absolute Gasteiger partial charge is 0.246 e. The third-order valence-electron chi connectivity index (χ3n) is 5.08. The van der Waals surface area contributed by atoms with Gasteiger partial charge in [0.25, 0.3) is 0 Å². The number of benzene rings is 2. The van der Waals surface area contributed by atoms with Crippen molar-refractivity contribution in [2.24, 2.45) is 0 Å². The molecule has 3 aromatic rings. The minimum atomic E-state index is -0.0213. The number of hydrogen-bond acceptors (Lipinski definition) is 3. The van der Waals surface area contributed by atoms with Crippen LogP contribution < -0.4 is 4.90 Å². The normalized spacial score (nSPS) is 14.4. The SMILES string of the molecule is C=CC(=O)N1CCN(c2ccnc3cc(Cl)c(-c4ccccc4Cl)cc23)CC1. The van der Waals surface area contributed by atoms with Gasteiger partial charge in [0.1, 0.15) is 0 Å². The molecule has 0 saturated carbocycles. The number of anilines is 1. The van der Waals surface area contributed by atoms with Gasteiger partial charge in [0.15, 0.2) is 0 Å². The maximum atomic E-state index is 11.8. The first kappa shape index (κ1) is 18.8. The Hall–Kier alpha value is -2.56. The van der Waals surface area contributed by atoms with E-state index in [1.165, 1.54) is 6.08 Å². The third-order valence-corrected chi connectivity index (χ3v) is 5.72. The van der Waals surface area contributed by atoms with Crippen molar-refractivity contribution in [2.45, 2.75) is 0 Å². The van der Waals surface area contributed by atoms with E-state index in [1.54, 1.807) is 6.20 Å². The first-order chi connectivity index (χ1) is 13.6. The lowest BCUT2D eigenvalue weighted by Gasteiger charge is -2.36. The number of fused-ring (bicyclic) bond motifs is 1. The summed E-state index contributed by atoms with van der Waals surface area (Å²) in [5.41, 5.74) is 3.70. The standard InChI is InChI=1S/C22H19Cl2N3O/c1-2-22(28)27-11-9-26(10-12-27)21-7-8-25-20-14-19(24)16(13-17(20)21)15-5-3-4-6-18(15)23/h2-8,13-14H,1,9-12H2. The van der Waals surface area contributed by atoms with Crippen molar-refractivity contribution in [1.82, 2.24) is 9.88 Å². The summed E-state index contributed by atoms with van der Waals surface area (Å²) in [5.74, 6) is -0.0213. The van der Waals surface area contributed by atoms with Crippen molar-refractivity contribution in [2.75, 3.05) is 31.1 Å². The van der Waals surface area contributed by atoms with E-state index < -0.39 is 0 Å². The highest BCUT2D eigenvalue weighted by atomic mass is 35.5. The number of nitrogens with zero attached hydrogens (tertiary/aromatic N) is 3. The fraction of sp³-hybridized carbons (Fsp3) is 0.182. The zero-order valence-electron chi connectivity index (χ0n) is 15.2. The van der Waals surface area contributed by atoms with Gasteiger partial charge in [0.2, 0.25) is 5.91 Å². The lowest BCUT2D eigenvalue weighted by molar-refractivity contribution is -0.126. The number of pyridine rings is 1. The van der Waals surface area contributed by atoms with Gasteiger partial charge in [-0.3, -0.25) is 9.78 Å². The summed E-state index contributed by atoms with van der Waals surface area (Å²) in [5, 5.41) is 2.29. The van der Waals surface area contributed by atoms with Crippen molar-refractivity contribution in [1.29, 1.82) is 0 Å². The molecule has 1 aliphatic rings. The Morgan fingerprint density at radius 2 is 1.75 bits per heavy atom. The quantitative estimate of drug-likeness (QED) is 0.566. The van der Waals surface area contributed by atoms with Crippen LogP contribution in [0.5, 0.6) is 0 Å². The van der Waals surface area contributed by atoms with E-state index in [0.29, 0.717) is 23.1 Å². The molecule has 1 aromatic heterocycles. The van der Waals surface area contributed by atoms with Gasteiger partial charge < -0.3 is 9.80 Å². The molecule has 1 aliphatic heterocycles. The molecular formula is C22H19Cl2N3O. The lowest BCUT2D eigenvalue weighted by atomic mass is 10.0. The number of piperazine rings is 1. The summed E-state index contributed by atoms with van der Waals surface area (Å²) in [6, 6.07) is 13.6. The van der Waals surface area contributed by atoms with Crippen molar-refractivity contribution in [3.05, 3.63) is 71.4 Å². The first-order valence-corrected chi connectivity index (χ1v) is 9.83. The van der Waals surface area contributed by atoms with E-state index in [2.05, 4.69) is 22.5 Å². The lowest BCUT2D eigenvalue weighted by Crippen LogP contribution is -2.48. The van der Waals surface area contributed by atoms with Gasteiger partial charge in [-0.1, -0.05) is 48.0 Å². The summed E-state index contributed by atoms with van der Waals surface area (Å²) in [7, 11) is 0. The second-order valence-corrected chi connectivity index (χ2v) is 7.49. The number of rotatable bonds is 3. The van der Waals surface area contributed by atoms with Gasteiger partial charge in [0, 0.05) is 59.6 Å². The highest BCUT2D eigenvalue weighted by Crippen LogP contribution is 2.38. The molecule has 2 heterocycles. The number of amides is 1. The predicted molar refractivity (Wildman–Crippen MR) is 116 cm³/mol. The molecule has 1 amide bonds. The summed E-state index contributed by atoms with van der Waals surface area (Å²) < 4.78 is 0. The van der Waals surface area contributed by atoms with E-state index in [-0.39, 0.29) is 5.91 Å². The van der Waals surface area contributed by atoms with Gasteiger partial charge in [-0.25, -0.2) is 0 Å². The van der Waals surface area contributed by atoms with Crippen LogP contribution in [-0.4, -0.2) is 42.0 Å². The molecule has 0 radical (unpaired) electrons. The van der Waals surface area contributed by atoms with E-state index in [9.17, 15) is 4.79 Å². The summed E-state index contributed by atoms with van der Waals surface area (Å²) in [6.45, 7) is 6.41. The third kappa shape index (κ3) is 3.46. The van der Waals surface area contributed by atoms with E-state index in [1.807, 2.05) is 41.3 Å². The van der Waals surface area contributed by atoms with Crippen LogP contribution in [-0.2, 0) is 4.79 Å². The Morgan fingerprint density at radius 1 is 1.00 bits per heavy atom. The number of carbonyl (C=O) groups excluding carboxylic acids is 1. The molecule has 0 N–H and O–H groups in total. The average molecular weight is 412 g/mol. The first-order valence-electron chi connectivity index (χ1n) is 9.08. The number of halogens is 2. The van der Waals surface area contributed by atoms with Crippen LogP contribution in [0.25, 0.3) is 22.0 Å². The van der Waals surface area contributed by atoms with Crippen LogP contribution in [0.4, 0.5) is 5.69 Å². The predicted octanol–water partition coefficient (Wildman–Crippen LogP) is 5.04. The molecule has 0 atom stereocenters. The van der Waals surface area contributed by atoms with Gasteiger partial charge in [0.05, 0.1) is 10.5 Å². The second-order valence-electron chi connectivity index (χ2n) is 6.68. The minimum Gasteiger partial charge on any atom is -0.367 e. The highest BCUT2D eigenvalue weighted by molar-refractivity contribution is 6.37. The molecule has 142 valence electrons. The largest absolute Gasteiger partial charge is 0.367 e. The van der Waals surface area contributed by atoms with Crippen molar-refractivity contribution < 1.29 is 4.79 Å². The molecule has 2 aromatic carbocycles. The maximum Gasteiger partial charge on any atom is 0.246 e. The zero-order chi connectivity index (χ0) is 19.7. The minimum absolute atomic E-state index is 0.0213. The molecule has 0 spiro atoms. The zero-order valence-corrected chi connectivity index (χ0v) is 16.7. The number of carbonyl (C=O) groups is 1. The monoisotopic (exact) mass is 411 g/mol. The average Bonchev–Trinajstić information content (AvgIpc) is 2.73. The fourth-order valence-corrected chi connectivity index (χ4v) is 4.11. The highest BCUT2D eigenvalue weighted by Gasteiger charge is 2.21. The van der Waals surface area contributed by atoms with Gasteiger partial charge in [-0.05, 0) is 30.3 Å². The van der Waals surface area contributed by atoms with Gasteiger partial charge in [-0.15, -0.1) is 0 Å². The Labute approximate surface area is 174 Å². The Balaban J connectivity index is 1.74. The number of aromatic nitrogens is 1. The Kier molecular flexibility index (Phi) is 5.25. The van der Waals surface area contributed by atoms with Crippen molar-refractivity contribution >= 4 is 45.7 Å². The second kappa shape index (κ2) is 7.82. The summed E-state index contributed by atoms with van der Waals surface area (Å²) >= 11 is 13.0. The van der Waals surface area contributed by atoms with E-state index >= 15 is 0 Å². The van der Waals surface area contributed by atoms with Crippen LogP contribution >= 0.6 is 23.2 Å². The number of hydrogen-bond donors (Lipinski definition) is 0. The van der Waals surface area contributed by atoms with Crippen LogP contribution in [0.3, 0.4) is 0 Å². The van der Waals surface area contributed by atoms with Gasteiger partial charge in [-0.2, -0.15) is 0 Å². The molecule has 28 heavy (non-hydrogen) atoms. The maximum absolute atomic E-state index is 11.8. The van der Waals surface area contributed by atoms with Crippen LogP contribution in [0.1, 0.15) is 0 Å². The molecule has 1 fully saturated rings. The molecule has 0 bridgehead atoms. The molecule has 4 nitrogen and oxygen atoms in total. The molecule has 0 unspecified atom stereocenters. The van der Waals surface area contributed by atoms with Crippen molar-refractivity contribution in [3.63, 3.8) is 0 Å². The van der Waals surface area contributed by atoms with Gasteiger partial charge >= 0.3 is 0 Å². The molecule has 6 heteroatoms. The Bertz CT molecular complexity index is 1060. The summed E-state index contributed by atoms with van der Waals surface area (Å²) in [4.78, 5) is 20.4. The molecule has 0 aliphatic carbocycles. The van der Waals surface area contributed by atoms with Crippen LogP contribution in [0.2, 0.25) is 10.0 Å². The molecule has 4 rings (SSSR count). The summed E-state index contributed by atoms with van der Waals surface area (Å²) in [6.07, 6.45) is 3.17. The van der Waals surface area contributed by atoms with Crippen LogP contribution in [0, 0.1) is 0 Å². The molecular weight excluding hydrogens is 393 g/mol. The topological polar surface area (TPSA) is 36.4 Å². The Morgan fingerprint density at radius 3 is 2.46 bits per heavy atom. The molecule has 1 saturated heterocycles. The van der Waals surface area contributed by atoms with Crippen molar-refractivity contribution in [3.8, 4) is 11.1 Å². The van der Waals surface area contributed by atoms with E-state index in [0.717, 1.165) is 40.8 Å².